The van der Waals surface area contributed by atoms with E-state index in [-0.39, 0.29) is 0 Å². The van der Waals surface area contributed by atoms with Gasteiger partial charge in [-0.25, -0.2) is 0 Å². The second-order valence-corrected chi connectivity index (χ2v) is 11.5. The fraction of sp³-hybridized carbons (Fsp3) is 0.286. The van der Waals surface area contributed by atoms with Gasteiger partial charge in [0.25, 0.3) is 11.8 Å². The molecule has 0 spiro atoms. The zero-order valence-electron chi connectivity index (χ0n) is 24.2. The van der Waals surface area contributed by atoms with E-state index < -0.39 is 0 Å². The molecule has 0 radical (unpaired) electrons. The van der Waals surface area contributed by atoms with Crippen molar-refractivity contribution in [3.05, 3.63) is 57.2 Å². The van der Waals surface area contributed by atoms with Crippen LogP contribution in [0.4, 0.5) is 0 Å². The van der Waals surface area contributed by atoms with Crippen molar-refractivity contribution in [3.8, 4) is 51.7 Å². The summed E-state index contributed by atoms with van der Waals surface area (Å²) in [7, 11) is 7.78. The Labute approximate surface area is 276 Å². The largest absolute Gasteiger partial charge is 0.494 e. The average Bonchev–Trinajstić information content (AvgIpc) is 3.81. The highest BCUT2D eigenvalue weighted by molar-refractivity contribution is 6.99. The number of halogens is 2. The van der Waals surface area contributed by atoms with Crippen molar-refractivity contribution < 1.29 is 23.7 Å². The monoisotopic (exact) mass is 692 g/mol. The topological polar surface area (TPSA) is 123 Å². The van der Waals surface area contributed by atoms with Gasteiger partial charge in [0.2, 0.25) is 5.88 Å². The Balaban J connectivity index is 1.66. The number of unbranched alkanes of at least 4 members (excludes halogenated alkanes) is 1. The summed E-state index contributed by atoms with van der Waals surface area (Å²) in [4.78, 5) is 0. The highest BCUT2D eigenvalue weighted by Gasteiger charge is 2.24. The molecule has 0 bridgehead atoms. The van der Waals surface area contributed by atoms with E-state index in [4.69, 9.17) is 46.9 Å². The zero-order valence-corrected chi connectivity index (χ0v) is 28.2. The highest BCUT2D eigenvalue weighted by Crippen LogP contribution is 2.45. The molecular formula is C28H26Cl2N6O5S3. The average molecular weight is 694 g/mol. The van der Waals surface area contributed by atoms with Crippen molar-refractivity contribution in [1.82, 2.24) is 26.2 Å². The molecule has 0 saturated carbocycles. The van der Waals surface area contributed by atoms with E-state index >= 15 is 0 Å². The molecule has 0 atom stereocenters. The van der Waals surface area contributed by atoms with Crippen LogP contribution in [-0.4, -0.2) is 61.8 Å². The van der Waals surface area contributed by atoms with E-state index in [0.717, 1.165) is 64.0 Å². The maximum Gasteiger partial charge on any atom is 0.253 e. The van der Waals surface area contributed by atoms with Gasteiger partial charge in [-0.2, -0.15) is 13.1 Å². The number of methoxy groups -OCH3 is 5. The number of aryl methyl sites for hydroxylation is 1. The molecule has 3 heterocycles. The summed E-state index contributed by atoms with van der Waals surface area (Å²) < 4.78 is 53.6. The lowest BCUT2D eigenvalue weighted by Gasteiger charge is -2.17. The van der Waals surface area contributed by atoms with E-state index in [1.807, 2.05) is 24.3 Å². The van der Waals surface area contributed by atoms with E-state index in [1.54, 1.807) is 35.5 Å². The number of nitrogens with zero attached hydrogens (tertiary/aromatic N) is 6. The molecule has 230 valence electrons. The number of rotatable bonds is 13. The van der Waals surface area contributed by atoms with Gasteiger partial charge in [-0.05, 0) is 60.2 Å². The van der Waals surface area contributed by atoms with Gasteiger partial charge < -0.3 is 23.7 Å². The molecule has 0 amide bonds. The molecule has 0 saturated heterocycles. The fourth-order valence-electron chi connectivity index (χ4n) is 4.65. The lowest BCUT2D eigenvalue weighted by molar-refractivity contribution is 0.395. The fourth-order valence-corrected chi connectivity index (χ4v) is 6.87. The summed E-state index contributed by atoms with van der Waals surface area (Å²) >= 11 is 16.9. The third kappa shape index (κ3) is 6.44. The molecule has 16 heteroatoms. The van der Waals surface area contributed by atoms with E-state index in [0.29, 0.717) is 74.5 Å². The Hall–Kier alpha value is -3.56. The number of allylic oxidation sites excluding steroid dienone is 1. The van der Waals surface area contributed by atoms with Crippen LogP contribution in [0.1, 0.15) is 29.7 Å². The molecule has 0 N–H and O–H groups in total. The summed E-state index contributed by atoms with van der Waals surface area (Å²) in [5.41, 5.74) is 5.58. The van der Waals surface area contributed by atoms with Gasteiger partial charge in [0.05, 0.1) is 91.9 Å². The minimum Gasteiger partial charge on any atom is -0.494 e. The smallest absolute Gasteiger partial charge is 0.253 e. The van der Waals surface area contributed by atoms with E-state index in [9.17, 15) is 0 Å². The summed E-state index contributed by atoms with van der Waals surface area (Å²) in [6.07, 6.45) is 4.29. The number of hydrogen-bond acceptors (Lipinski definition) is 14. The van der Waals surface area contributed by atoms with Crippen LogP contribution in [0.5, 0.6) is 29.1 Å². The molecular weight excluding hydrogens is 667 g/mol. The second-order valence-electron chi connectivity index (χ2n) is 9.05. The second kappa shape index (κ2) is 14.5. The van der Waals surface area contributed by atoms with Crippen LogP contribution >= 0.6 is 58.4 Å². The molecule has 2 aromatic carbocycles. The van der Waals surface area contributed by atoms with Crippen LogP contribution in [0, 0.1) is 0 Å². The maximum atomic E-state index is 6.83. The molecule has 0 aliphatic carbocycles. The molecule has 0 fully saturated rings. The first-order chi connectivity index (χ1) is 21.4. The lowest BCUT2D eigenvalue weighted by Crippen LogP contribution is -1.98. The molecule has 11 nitrogen and oxygen atoms in total. The Morgan fingerprint density at radius 3 is 1.59 bits per heavy atom. The number of ether oxygens (including phenoxy) is 5. The Morgan fingerprint density at radius 2 is 1.11 bits per heavy atom. The van der Waals surface area contributed by atoms with Crippen LogP contribution in [0.25, 0.3) is 28.1 Å². The molecule has 5 aromatic rings. The van der Waals surface area contributed by atoms with Gasteiger partial charge in [-0.3, -0.25) is 0 Å². The van der Waals surface area contributed by atoms with Crippen LogP contribution < -0.4 is 23.7 Å². The highest BCUT2D eigenvalue weighted by atomic mass is 35.5. The summed E-state index contributed by atoms with van der Waals surface area (Å²) in [5, 5.41) is 0.786. The predicted molar refractivity (Wildman–Crippen MR) is 173 cm³/mol. The number of hydrogen-bond donors (Lipinski definition) is 0. The quantitative estimate of drug-likeness (QED) is 0.115. The molecule has 0 aliphatic heterocycles. The normalized spacial score (nSPS) is 10.9. The number of aromatic nitrogens is 6. The summed E-state index contributed by atoms with van der Waals surface area (Å²) in [6.45, 7) is 0. The molecule has 0 aliphatic rings. The van der Waals surface area contributed by atoms with Crippen molar-refractivity contribution in [2.75, 3.05) is 35.5 Å². The Kier molecular flexibility index (Phi) is 10.5. The van der Waals surface area contributed by atoms with E-state index in [1.165, 1.54) is 0 Å². The van der Waals surface area contributed by atoms with E-state index in [2.05, 4.69) is 32.3 Å². The third-order valence-corrected chi connectivity index (χ3v) is 8.75. The Morgan fingerprint density at radius 1 is 0.636 bits per heavy atom. The van der Waals surface area contributed by atoms with Gasteiger partial charge in [-0.1, -0.05) is 29.3 Å². The van der Waals surface area contributed by atoms with Crippen molar-refractivity contribution in [3.63, 3.8) is 0 Å². The van der Waals surface area contributed by atoms with Crippen LogP contribution in [0.2, 0.25) is 10.0 Å². The van der Waals surface area contributed by atoms with Crippen molar-refractivity contribution in [2.24, 2.45) is 0 Å². The first kappa shape index (κ1) is 31.9. The lowest BCUT2D eigenvalue weighted by atomic mass is 9.92. The molecule has 3 aromatic heterocycles. The van der Waals surface area contributed by atoms with Crippen LogP contribution in [0.15, 0.2) is 30.3 Å². The molecule has 44 heavy (non-hydrogen) atoms. The minimum absolute atomic E-state index is 0.371. The molecule has 5 rings (SSSR count). The first-order valence-electron chi connectivity index (χ1n) is 13.0. The maximum absolute atomic E-state index is 6.83. The van der Waals surface area contributed by atoms with Gasteiger partial charge in [-0.15, -0.1) is 13.1 Å². The summed E-state index contributed by atoms with van der Waals surface area (Å²) in [6, 6.07) is 7.59. The van der Waals surface area contributed by atoms with Crippen LogP contribution in [0.3, 0.4) is 0 Å². The predicted octanol–water partition coefficient (Wildman–Crippen LogP) is 7.38. The van der Waals surface area contributed by atoms with Gasteiger partial charge in [0, 0.05) is 0 Å². The van der Waals surface area contributed by atoms with Gasteiger partial charge in [0.1, 0.15) is 17.2 Å². The summed E-state index contributed by atoms with van der Waals surface area (Å²) in [5.74, 6) is 2.20. The SMILES string of the molecule is COc1nsnc1CCCC=C(c1cc(Cl)c(OC)c(-c2nsnc2OC)c1)c1cc(Cl)c(OC)c(-c2nsnc2OC)c1. The van der Waals surface area contributed by atoms with Crippen LogP contribution in [-0.2, 0) is 6.42 Å². The van der Waals surface area contributed by atoms with Crippen molar-refractivity contribution in [2.45, 2.75) is 19.3 Å². The third-order valence-electron chi connectivity index (χ3n) is 6.61. The first-order valence-corrected chi connectivity index (χ1v) is 15.9. The van der Waals surface area contributed by atoms with Crippen molar-refractivity contribution >= 4 is 64.0 Å². The van der Waals surface area contributed by atoms with Gasteiger partial charge in [0.15, 0.2) is 11.4 Å². The minimum atomic E-state index is 0.371. The van der Waals surface area contributed by atoms with Crippen molar-refractivity contribution in [1.29, 1.82) is 0 Å². The zero-order chi connectivity index (χ0) is 31.2. The van der Waals surface area contributed by atoms with Gasteiger partial charge >= 0.3 is 0 Å². The Bertz CT molecular complexity index is 1690. The molecule has 0 unspecified atom stereocenters. The number of benzene rings is 2. The standard InChI is InChI=1S/C28H26Cl2N6O5S3/c1-37-24-17(22-27(40-4)35-43-32-22)10-14(12-19(24)29)16(8-6-7-9-21-26(39-3)34-42-31-21)15-11-18(25(38-2)20(30)13-15)23-28(41-5)36-44-33-23/h8,10-13H,6-7,9H2,1-5H3.